The lowest BCUT2D eigenvalue weighted by molar-refractivity contribution is -0.109. The molecule has 1 fully saturated rings. The monoisotopic (exact) mass is 320 g/mol. The topological polar surface area (TPSA) is 136 Å². The first-order chi connectivity index (χ1) is 10.3. The minimum atomic E-state index is -0.741. The Labute approximate surface area is 132 Å². The van der Waals surface area contributed by atoms with Crippen LogP contribution in [0.25, 0.3) is 0 Å². The van der Waals surface area contributed by atoms with Crippen LogP contribution in [0.4, 0.5) is 11.6 Å². The van der Waals surface area contributed by atoms with Crippen LogP contribution in [0.2, 0.25) is 0 Å². The number of nitrogens with one attached hydrogen (secondary N) is 2. The number of anilines is 2. The van der Waals surface area contributed by atoms with Gasteiger partial charge in [-0.25, -0.2) is 9.97 Å². The molecule has 2 rings (SSSR count). The Kier molecular flexibility index (Phi) is 4.36. The van der Waals surface area contributed by atoms with Gasteiger partial charge in [0, 0.05) is 5.70 Å². The highest BCUT2D eigenvalue weighted by molar-refractivity contribution is 7.81. The third-order valence-corrected chi connectivity index (χ3v) is 3.22. The minimum absolute atomic E-state index is 0.0491. The maximum absolute atomic E-state index is 11.4. The van der Waals surface area contributed by atoms with Gasteiger partial charge in [-0.2, -0.15) is 0 Å². The van der Waals surface area contributed by atoms with Gasteiger partial charge in [-0.1, -0.05) is 12.2 Å². The molecule has 0 saturated heterocycles. The van der Waals surface area contributed by atoms with Crippen molar-refractivity contribution < 1.29 is 9.59 Å². The normalized spacial score (nSPS) is 15.8. The zero-order valence-corrected chi connectivity index (χ0v) is 12.7. The highest BCUT2D eigenvalue weighted by atomic mass is 32.1. The summed E-state index contributed by atoms with van der Waals surface area (Å²) in [4.78, 5) is 30.9. The standard InChI is InChI=1S/C13H16N6O2S/c1-7(14)4-9(22)18-12-10(11(15)21)16-5-8(17-12)19-13(6-20)2-3-13/h4-6H,2-3,14H2,1H3,(H2,15,21)(H2,17,18,19,22). The average Bonchev–Trinajstić information content (AvgIpc) is 3.18. The van der Waals surface area contributed by atoms with Crippen molar-refractivity contribution in [2.75, 3.05) is 10.6 Å². The number of allylic oxidation sites excluding steroid dienone is 1. The number of carbonyl (C=O) groups excluding carboxylic acids is 2. The number of nitrogens with zero attached hydrogens (tertiary/aromatic N) is 2. The van der Waals surface area contributed by atoms with Gasteiger partial charge in [0.15, 0.2) is 11.5 Å². The summed E-state index contributed by atoms with van der Waals surface area (Å²) in [6, 6.07) is 0. The molecule has 0 spiro atoms. The Morgan fingerprint density at radius 3 is 2.64 bits per heavy atom. The van der Waals surface area contributed by atoms with Crippen molar-refractivity contribution >= 4 is 41.0 Å². The van der Waals surface area contributed by atoms with Crippen molar-refractivity contribution in [3.8, 4) is 0 Å². The van der Waals surface area contributed by atoms with Gasteiger partial charge in [-0.3, -0.25) is 4.79 Å². The van der Waals surface area contributed by atoms with E-state index in [2.05, 4.69) is 20.6 Å². The summed E-state index contributed by atoms with van der Waals surface area (Å²) in [7, 11) is 0. The molecule has 1 aliphatic rings. The van der Waals surface area contributed by atoms with Crippen LogP contribution in [0.5, 0.6) is 0 Å². The van der Waals surface area contributed by atoms with Crippen LogP contribution in [0.1, 0.15) is 30.3 Å². The van der Waals surface area contributed by atoms with Crippen molar-refractivity contribution in [3.63, 3.8) is 0 Å². The Hall–Kier alpha value is -2.55. The molecule has 8 nitrogen and oxygen atoms in total. The van der Waals surface area contributed by atoms with E-state index in [1.807, 2.05) is 0 Å². The SMILES string of the molecule is CC(N)=CC(=S)Nc1nc(NC2(C=O)CC2)cnc1C(N)=O. The third kappa shape index (κ3) is 3.76. The fourth-order valence-electron chi connectivity index (χ4n) is 1.74. The molecule has 0 aromatic carbocycles. The number of hydrogen-bond donors (Lipinski definition) is 4. The number of primary amides is 1. The van der Waals surface area contributed by atoms with Crippen LogP contribution >= 0.6 is 12.2 Å². The average molecular weight is 320 g/mol. The summed E-state index contributed by atoms with van der Waals surface area (Å²) in [6.45, 7) is 1.67. The first-order valence-electron chi connectivity index (χ1n) is 6.51. The van der Waals surface area contributed by atoms with E-state index in [4.69, 9.17) is 23.7 Å². The number of carbonyl (C=O) groups is 2. The molecule has 0 radical (unpaired) electrons. The summed E-state index contributed by atoms with van der Waals surface area (Å²) in [5, 5.41) is 5.74. The van der Waals surface area contributed by atoms with Crippen molar-refractivity contribution in [1.82, 2.24) is 9.97 Å². The van der Waals surface area contributed by atoms with E-state index in [0.717, 1.165) is 19.1 Å². The molecular weight excluding hydrogens is 304 g/mol. The van der Waals surface area contributed by atoms with Crippen molar-refractivity contribution in [3.05, 3.63) is 23.7 Å². The zero-order chi connectivity index (χ0) is 16.3. The Morgan fingerprint density at radius 1 is 1.45 bits per heavy atom. The summed E-state index contributed by atoms with van der Waals surface area (Å²) >= 11 is 5.08. The molecule has 1 aromatic heterocycles. The lowest BCUT2D eigenvalue weighted by Gasteiger charge is -2.13. The fourth-order valence-corrected chi connectivity index (χ4v) is 2.02. The molecule has 9 heteroatoms. The predicted molar refractivity (Wildman–Crippen MR) is 86.4 cm³/mol. The second-order valence-corrected chi connectivity index (χ2v) is 5.53. The molecule has 116 valence electrons. The maximum atomic E-state index is 11.4. The molecule has 1 heterocycles. The van der Waals surface area contributed by atoms with Crippen molar-refractivity contribution in [2.45, 2.75) is 25.3 Å². The largest absolute Gasteiger partial charge is 0.402 e. The predicted octanol–water partition coefficient (Wildman–Crippen LogP) is 0.321. The number of aldehydes is 1. The number of hydrogen-bond acceptors (Lipinski definition) is 7. The van der Waals surface area contributed by atoms with Crippen LogP contribution in [-0.2, 0) is 4.79 Å². The second kappa shape index (κ2) is 6.06. The summed E-state index contributed by atoms with van der Waals surface area (Å²) in [6.07, 6.45) is 5.16. The number of aromatic nitrogens is 2. The molecule has 6 N–H and O–H groups in total. The molecule has 0 aliphatic heterocycles. The first kappa shape index (κ1) is 15.8. The lowest BCUT2D eigenvalue weighted by Crippen LogP contribution is -2.25. The molecule has 1 amide bonds. The molecule has 0 bridgehead atoms. The third-order valence-electron chi connectivity index (χ3n) is 3.00. The van der Waals surface area contributed by atoms with Gasteiger partial charge in [0.25, 0.3) is 5.91 Å². The molecule has 1 aliphatic carbocycles. The summed E-state index contributed by atoms with van der Waals surface area (Å²) in [5.41, 5.74) is 10.7. The Bertz CT molecular complexity index is 664. The number of thiocarbonyl (C=S) groups is 1. The van der Waals surface area contributed by atoms with Crippen LogP contribution in [-0.4, -0.2) is 32.7 Å². The number of rotatable bonds is 6. The first-order valence-corrected chi connectivity index (χ1v) is 6.92. The van der Waals surface area contributed by atoms with Gasteiger partial charge in [-0.15, -0.1) is 0 Å². The van der Waals surface area contributed by atoms with Crippen molar-refractivity contribution in [2.24, 2.45) is 11.5 Å². The van der Waals surface area contributed by atoms with E-state index < -0.39 is 11.4 Å². The van der Waals surface area contributed by atoms with E-state index in [9.17, 15) is 9.59 Å². The summed E-state index contributed by atoms with van der Waals surface area (Å²) in [5.74, 6) is -0.274. The van der Waals surface area contributed by atoms with E-state index in [1.165, 1.54) is 12.3 Å². The van der Waals surface area contributed by atoms with Crippen LogP contribution in [0.3, 0.4) is 0 Å². The lowest BCUT2D eigenvalue weighted by atomic mass is 10.3. The summed E-state index contributed by atoms with van der Waals surface area (Å²) < 4.78 is 0. The van der Waals surface area contributed by atoms with E-state index >= 15 is 0 Å². The van der Waals surface area contributed by atoms with Crippen molar-refractivity contribution in [1.29, 1.82) is 0 Å². The molecule has 22 heavy (non-hydrogen) atoms. The minimum Gasteiger partial charge on any atom is -0.402 e. The van der Waals surface area contributed by atoms with Gasteiger partial charge >= 0.3 is 0 Å². The Balaban J connectivity index is 2.27. The molecule has 1 saturated carbocycles. The van der Waals surface area contributed by atoms with Crippen LogP contribution in [0.15, 0.2) is 18.0 Å². The van der Waals surface area contributed by atoms with E-state index in [0.29, 0.717) is 11.5 Å². The Morgan fingerprint density at radius 2 is 2.14 bits per heavy atom. The van der Waals surface area contributed by atoms with E-state index in [1.54, 1.807) is 6.92 Å². The van der Waals surface area contributed by atoms with Crippen LogP contribution < -0.4 is 22.1 Å². The van der Waals surface area contributed by atoms with Gasteiger partial charge in [0.2, 0.25) is 0 Å². The second-order valence-electron chi connectivity index (χ2n) is 5.09. The van der Waals surface area contributed by atoms with Gasteiger partial charge in [-0.05, 0) is 25.8 Å². The maximum Gasteiger partial charge on any atom is 0.271 e. The number of nitrogens with two attached hydrogens (primary N) is 2. The highest BCUT2D eigenvalue weighted by Crippen LogP contribution is 2.36. The quantitative estimate of drug-likeness (QED) is 0.334. The zero-order valence-electron chi connectivity index (χ0n) is 11.9. The highest BCUT2D eigenvalue weighted by Gasteiger charge is 2.43. The molecular formula is C13H16N6O2S. The molecule has 1 aromatic rings. The molecule has 0 atom stereocenters. The van der Waals surface area contributed by atoms with Crippen LogP contribution in [0, 0.1) is 0 Å². The van der Waals surface area contributed by atoms with Gasteiger partial charge in [0.05, 0.1) is 11.7 Å². The van der Waals surface area contributed by atoms with Gasteiger partial charge in [0.1, 0.15) is 17.1 Å². The number of amides is 1. The fraction of sp³-hybridized carbons (Fsp3) is 0.308. The van der Waals surface area contributed by atoms with E-state index in [-0.39, 0.29) is 16.5 Å². The van der Waals surface area contributed by atoms with Gasteiger partial charge < -0.3 is 26.9 Å². The smallest absolute Gasteiger partial charge is 0.271 e. The molecule has 0 unspecified atom stereocenters.